The smallest absolute Gasteiger partial charge is 0.242 e. The molecule has 0 saturated carbocycles. The summed E-state index contributed by atoms with van der Waals surface area (Å²) in [5.41, 5.74) is 0.601. The predicted octanol–water partition coefficient (Wildman–Crippen LogP) is 1.99. The molecule has 0 unspecified atom stereocenters. The van der Waals surface area contributed by atoms with Gasteiger partial charge in [0, 0.05) is 27.1 Å². The number of rotatable bonds is 7. The van der Waals surface area contributed by atoms with Crippen molar-refractivity contribution in [3.63, 3.8) is 0 Å². The summed E-state index contributed by atoms with van der Waals surface area (Å²) in [5, 5.41) is 2.78. The quantitative estimate of drug-likeness (QED) is 0.837. The lowest BCUT2D eigenvalue weighted by atomic mass is 10.1. The van der Waals surface area contributed by atoms with Gasteiger partial charge in [0.15, 0.2) is 0 Å². The lowest BCUT2D eigenvalue weighted by Gasteiger charge is -2.15. The number of sulfonamides is 1. The molecule has 0 bridgehead atoms. The Morgan fingerprint density at radius 2 is 1.86 bits per heavy atom. The van der Waals surface area contributed by atoms with Gasteiger partial charge in [0.25, 0.3) is 0 Å². The molecular formula is C15H24N2O3S. The first-order valence-corrected chi connectivity index (χ1v) is 8.46. The summed E-state index contributed by atoms with van der Waals surface area (Å²) in [6.07, 6.45) is 1.28. The molecule has 1 aromatic carbocycles. The van der Waals surface area contributed by atoms with Crippen LogP contribution in [-0.2, 0) is 21.4 Å². The van der Waals surface area contributed by atoms with Gasteiger partial charge in [-0.3, -0.25) is 4.79 Å². The van der Waals surface area contributed by atoms with E-state index in [4.69, 9.17) is 0 Å². The van der Waals surface area contributed by atoms with Gasteiger partial charge in [0.2, 0.25) is 15.9 Å². The van der Waals surface area contributed by atoms with E-state index in [1.54, 1.807) is 24.3 Å². The fourth-order valence-electron chi connectivity index (χ4n) is 1.80. The molecule has 0 saturated heterocycles. The first-order valence-electron chi connectivity index (χ1n) is 7.02. The summed E-state index contributed by atoms with van der Waals surface area (Å²) in [7, 11) is -0.512. The van der Waals surface area contributed by atoms with Gasteiger partial charge in [-0.2, -0.15) is 0 Å². The number of nitrogens with zero attached hydrogens (tertiary/aromatic N) is 1. The topological polar surface area (TPSA) is 66.5 Å². The number of carbonyl (C=O) groups excluding carboxylic acids is 1. The molecule has 0 aromatic heterocycles. The lowest BCUT2D eigenvalue weighted by Crippen LogP contribution is -2.27. The number of hydrogen-bond donors (Lipinski definition) is 1. The molecule has 118 valence electrons. The molecule has 0 aliphatic heterocycles. The Morgan fingerprint density at radius 3 is 2.43 bits per heavy atom. The van der Waals surface area contributed by atoms with E-state index >= 15 is 0 Å². The summed E-state index contributed by atoms with van der Waals surface area (Å²) in [6.45, 7) is 4.35. The van der Waals surface area contributed by atoms with Gasteiger partial charge < -0.3 is 5.32 Å². The third-order valence-electron chi connectivity index (χ3n) is 3.16. The fourth-order valence-corrected chi connectivity index (χ4v) is 2.92. The van der Waals surface area contributed by atoms with Crippen molar-refractivity contribution < 1.29 is 13.2 Å². The Bertz CT molecular complexity index is 580. The minimum atomic E-state index is -3.50. The van der Waals surface area contributed by atoms with Crippen LogP contribution in [0.5, 0.6) is 0 Å². The van der Waals surface area contributed by atoms with Crippen molar-refractivity contribution in [2.45, 2.75) is 38.1 Å². The second-order valence-corrected chi connectivity index (χ2v) is 7.72. The fraction of sp³-hybridized carbons (Fsp3) is 0.533. The van der Waals surface area contributed by atoms with Gasteiger partial charge in [-0.25, -0.2) is 12.7 Å². The lowest BCUT2D eigenvalue weighted by molar-refractivity contribution is -0.121. The van der Waals surface area contributed by atoms with Gasteiger partial charge in [0.05, 0.1) is 4.90 Å². The van der Waals surface area contributed by atoms with Crippen molar-refractivity contribution in [3.8, 4) is 0 Å². The summed E-state index contributed by atoms with van der Waals surface area (Å²) < 4.78 is 25.6. The normalized spacial score (nSPS) is 11.9. The monoisotopic (exact) mass is 312 g/mol. The minimum Gasteiger partial charge on any atom is -0.352 e. The van der Waals surface area contributed by atoms with Gasteiger partial charge >= 0.3 is 0 Å². The summed E-state index contributed by atoms with van der Waals surface area (Å²) >= 11 is 0. The Labute approximate surface area is 127 Å². The maximum Gasteiger partial charge on any atom is 0.242 e. The zero-order valence-electron chi connectivity index (χ0n) is 13.1. The Hall–Kier alpha value is -1.40. The van der Waals surface area contributed by atoms with Crippen LogP contribution < -0.4 is 5.32 Å². The van der Waals surface area contributed by atoms with Crippen molar-refractivity contribution >= 4 is 15.9 Å². The Morgan fingerprint density at radius 1 is 1.24 bits per heavy atom. The second kappa shape index (κ2) is 7.56. The number of hydrogen-bond acceptors (Lipinski definition) is 3. The van der Waals surface area contributed by atoms with E-state index in [0.717, 1.165) is 6.42 Å². The maximum absolute atomic E-state index is 12.2. The highest BCUT2D eigenvalue weighted by Gasteiger charge is 2.20. The van der Waals surface area contributed by atoms with Crippen LogP contribution in [0.25, 0.3) is 0 Å². The van der Waals surface area contributed by atoms with Crippen molar-refractivity contribution in [1.29, 1.82) is 0 Å². The molecular weight excluding hydrogens is 288 g/mol. The zero-order valence-corrected chi connectivity index (χ0v) is 13.9. The van der Waals surface area contributed by atoms with Crippen LogP contribution in [0, 0.1) is 5.92 Å². The molecule has 1 rings (SSSR count). The molecule has 0 atom stereocenters. The molecule has 0 spiro atoms. The van der Waals surface area contributed by atoms with E-state index in [1.807, 2.05) is 0 Å². The molecule has 6 heteroatoms. The third kappa shape index (κ3) is 5.13. The SMILES string of the molecule is CC(C)CCC(=O)NCc1ccccc1S(=O)(=O)N(C)C. The van der Waals surface area contributed by atoms with Gasteiger partial charge in [-0.1, -0.05) is 32.0 Å². The average molecular weight is 312 g/mol. The second-order valence-electron chi connectivity index (χ2n) is 5.60. The zero-order chi connectivity index (χ0) is 16.0. The average Bonchev–Trinajstić information content (AvgIpc) is 2.42. The highest BCUT2D eigenvalue weighted by atomic mass is 32.2. The Balaban J connectivity index is 2.79. The molecule has 5 nitrogen and oxygen atoms in total. The Kier molecular flexibility index (Phi) is 6.36. The van der Waals surface area contributed by atoms with E-state index in [-0.39, 0.29) is 17.3 Å². The van der Waals surface area contributed by atoms with Crippen LogP contribution in [0.1, 0.15) is 32.3 Å². The first-order chi connectivity index (χ1) is 9.75. The van der Waals surface area contributed by atoms with Crippen molar-refractivity contribution in [2.24, 2.45) is 5.92 Å². The molecule has 0 aliphatic rings. The predicted molar refractivity (Wildman–Crippen MR) is 83.2 cm³/mol. The minimum absolute atomic E-state index is 0.0549. The molecule has 21 heavy (non-hydrogen) atoms. The van der Waals surface area contributed by atoms with E-state index in [9.17, 15) is 13.2 Å². The summed E-state index contributed by atoms with van der Waals surface area (Å²) in [4.78, 5) is 12.0. The number of benzene rings is 1. The number of carbonyl (C=O) groups is 1. The number of nitrogens with one attached hydrogen (secondary N) is 1. The van der Waals surface area contributed by atoms with Crippen LogP contribution >= 0.6 is 0 Å². The van der Waals surface area contributed by atoms with Crippen LogP contribution in [0.15, 0.2) is 29.2 Å². The highest BCUT2D eigenvalue weighted by Crippen LogP contribution is 2.18. The summed E-state index contributed by atoms with van der Waals surface area (Å²) in [6, 6.07) is 6.73. The molecule has 0 radical (unpaired) electrons. The van der Waals surface area contributed by atoms with Gasteiger partial charge in [0.1, 0.15) is 0 Å². The molecule has 1 amide bonds. The van der Waals surface area contributed by atoms with E-state index < -0.39 is 10.0 Å². The standard InChI is InChI=1S/C15H24N2O3S/c1-12(2)9-10-15(18)16-11-13-7-5-6-8-14(13)21(19,20)17(3)4/h5-8,12H,9-11H2,1-4H3,(H,16,18). The molecule has 0 fully saturated rings. The van der Waals surface area contributed by atoms with Crippen LogP contribution in [0.4, 0.5) is 0 Å². The third-order valence-corrected chi connectivity index (χ3v) is 5.07. The van der Waals surface area contributed by atoms with E-state index in [0.29, 0.717) is 17.9 Å². The van der Waals surface area contributed by atoms with Crippen molar-refractivity contribution in [2.75, 3.05) is 14.1 Å². The van der Waals surface area contributed by atoms with Crippen LogP contribution in [0.3, 0.4) is 0 Å². The van der Waals surface area contributed by atoms with Crippen LogP contribution in [0.2, 0.25) is 0 Å². The first kappa shape index (κ1) is 17.7. The highest BCUT2D eigenvalue weighted by molar-refractivity contribution is 7.89. The van der Waals surface area contributed by atoms with Gasteiger partial charge in [-0.05, 0) is 24.0 Å². The largest absolute Gasteiger partial charge is 0.352 e. The molecule has 0 aliphatic carbocycles. The van der Waals surface area contributed by atoms with E-state index in [2.05, 4.69) is 19.2 Å². The van der Waals surface area contributed by atoms with Gasteiger partial charge in [-0.15, -0.1) is 0 Å². The van der Waals surface area contributed by atoms with Crippen molar-refractivity contribution in [3.05, 3.63) is 29.8 Å². The summed E-state index contributed by atoms with van der Waals surface area (Å²) in [5.74, 6) is 0.415. The van der Waals surface area contributed by atoms with Crippen molar-refractivity contribution in [1.82, 2.24) is 9.62 Å². The maximum atomic E-state index is 12.2. The van der Waals surface area contributed by atoms with E-state index in [1.165, 1.54) is 18.4 Å². The van der Waals surface area contributed by atoms with Crippen LogP contribution in [-0.4, -0.2) is 32.7 Å². The molecule has 1 N–H and O–H groups in total. The molecule has 0 heterocycles. The number of amides is 1. The molecule has 1 aromatic rings.